The summed E-state index contributed by atoms with van der Waals surface area (Å²) in [5.41, 5.74) is 0. The van der Waals surface area contributed by atoms with Gasteiger partial charge in [0.05, 0.1) is 0 Å². The molecule has 4 nitrogen and oxygen atoms in total. The van der Waals surface area contributed by atoms with Crippen LogP contribution in [0.15, 0.2) is 16.3 Å². The van der Waals surface area contributed by atoms with Crippen molar-refractivity contribution in [2.45, 2.75) is 41.3 Å². The summed E-state index contributed by atoms with van der Waals surface area (Å²) in [5, 5.41) is 3.44. The molecule has 2 unspecified atom stereocenters. The predicted octanol–water partition coefficient (Wildman–Crippen LogP) is 2.03. The minimum absolute atomic E-state index is 0.0786. The molecule has 2 atom stereocenters. The Bertz CT molecular complexity index is 513. The molecule has 1 heterocycles. The Kier molecular flexibility index (Phi) is 5.30. The van der Waals surface area contributed by atoms with E-state index >= 15 is 0 Å². The van der Waals surface area contributed by atoms with Gasteiger partial charge in [-0.1, -0.05) is 6.42 Å². The normalized spacial score (nSPS) is 23.9. The van der Waals surface area contributed by atoms with Crippen molar-refractivity contribution in [1.29, 1.82) is 0 Å². The van der Waals surface area contributed by atoms with Gasteiger partial charge >= 0.3 is 0 Å². The molecule has 1 fully saturated rings. The molecule has 0 saturated heterocycles. The third-order valence-electron chi connectivity index (χ3n) is 3.31. The number of hydrogen-bond acceptors (Lipinski definition) is 5. The van der Waals surface area contributed by atoms with Crippen molar-refractivity contribution in [2.24, 2.45) is 0 Å². The molecular formula is C12H20N2O2S3. The van der Waals surface area contributed by atoms with Gasteiger partial charge in [-0.2, -0.15) is 11.8 Å². The maximum atomic E-state index is 12.3. The minimum Gasteiger partial charge on any atom is -0.315 e. The number of thiophene rings is 1. The van der Waals surface area contributed by atoms with E-state index in [9.17, 15) is 8.42 Å². The quantitative estimate of drug-likeness (QED) is 0.842. The summed E-state index contributed by atoms with van der Waals surface area (Å²) < 4.78 is 28.0. The maximum Gasteiger partial charge on any atom is 0.250 e. The third kappa shape index (κ3) is 3.72. The fraction of sp³-hybridized carbons (Fsp3) is 0.667. The largest absolute Gasteiger partial charge is 0.315 e. The summed E-state index contributed by atoms with van der Waals surface area (Å²) in [7, 11) is -1.50. The van der Waals surface area contributed by atoms with Crippen molar-refractivity contribution >= 4 is 33.1 Å². The van der Waals surface area contributed by atoms with Crippen molar-refractivity contribution in [1.82, 2.24) is 10.0 Å². The first kappa shape index (κ1) is 15.3. The van der Waals surface area contributed by atoms with E-state index in [2.05, 4.69) is 10.0 Å². The van der Waals surface area contributed by atoms with Gasteiger partial charge in [0, 0.05) is 22.7 Å². The van der Waals surface area contributed by atoms with Gasteiger partial charge in [-0.3, -0.25) is 0 Å². The fourth-order valence-corrected chi connectivity index (χ4v) is 6.09. The molecule has 1 aromatic heterocycles. The SMILES string of the molecule is CNCc1ccc(S(=O)(=O)NC2CCCC2SC)s1. The van der Waals surface area contributed by atoms with E-state index in [1.807, 2.05) is 19.4 Å². The fourth-order valence-electron chi connectivity index (χ4n) is 2.37. The van der Waals surface area contributed by atoms with Crippen LogP contribution in [0.1, 0.15) is 24.1 Å². The van der Waals surface area contributed by atoms with Gasteiger partial charge in [-0.05, 0) is 38.3 Å². The summed E-state index contributed by atoms with van der Waals surface area (Å²) in [4.78, 5) is 1.04. The van der Waals surface area contributed by atoms with E-state index in [1.165, 1.54) is 11.3 Å². The average molecular weight is 321 g/mol. The highest BCUT2D eigenvalue weighted by molar-refractivity contribution is 7.99. The average Bonchev–Trinajstić information content (AvgIpc) is 2.98. The molecule has 0 spiro atoms. The molecule has 2 rings (SSSR count). The second-order valence-electron chi connectivity index (χ2n) is 4.68. The Morgan fingerprint density at radius 1 is 1.42 bits per heavy atom. The van der Waals surface area contributed by atoms with Crippen LogP contribution < -0.4 is 10.0 Å². The second-order valence-corrected chi connectivity index (χ2v) is 8.87. The maximum absolute atomic E-state index is 12.3. The van der Waals surface area contributed by atoms with Crippen LogP contribution in [0.25, 0.3) is 0 Å². The molecule has 108 valence electrons. The molecule has 19 heavy (non-hydrogen) atoms. The Hall–Kier alpha value is -0.0800. The molecule has 0 bridgehead atoms. The van der Waals surface area contributed by atoms with E-state index in [1.54, 1.807) is 17.8 Å². The van der Waals surface area contributed by atoms with Crippen LogP contribution in [-0.2, 0) is 16.6 Å². The van der Waals surface area contributed by atoms with Crippen LogP contribution in [0.2, 0.25) is 0 Å². The molecule has 0 aliphatic heterocycles. The van der Waals surface area contributed by atoms with Gasteiger partial charge in [0.2, 0.25) is 10.0 Å². The molecule has 1 aromatic rings. The lowest BCUT2D eigenvalue weighted by molar-refractivity contribution is 0.557. The van der Waals surface area contributed by atoms with Crippen LogP contribution in [0, 0.1) is 0 Å². The summed E-state index contributed by atoms with van der Waals surface area (Å²) in [6.45, 7) is 0.705. The third-order valence-corrected chi connectivity index (χ3v) is 7.55. The van der Waals surface area contributed by atoms with E-state index < -0.39 is 10.0 Å². The van der Waals surface area contributed by atoms with Gasteiger partial charge in [-0.25, -0.2) is 13.1 Å². The molecular weight excluding hydrogens is 300 g/mol. The molecule has 1 saturated carbocycles. The Morgan fingerprint density at radius 2 is 2.21 bits per heavy atom. The minimum atomic E-state index is -3.36. The summed E-state index contributed by atoms with van der Waals surface area (Å²) >= 11 is 3.09. The number of rotatable bonds is 6. The van der Waals surface area contributed by atoms with Crippen molar-refractivity contribution in [3.63, 3.8) is 0 Å². The number of sulfonamides is 1. The highest BCUT2D eigenvalue weighted by Gasteiger charge is 2.31. The van der Waals surface area contributed by atoms with Crippen LogP contribution in [0.3, 0.4) is 0 Å². The van der Waals surface area contributed by atoms with Crippen molar-refractivity contribution in [3.05, 3.63) is 17.0 Å². The highest BCUT2D eigenvalue weighted by atomic mass is 32.2. The number of nitrogens with one attached hydrogen (secondary N) is 2. The van der Waals surface area contributed by atoms with Crippen molar-refractivity contribution < 1.29 is 8.42 Å². The van der Waals surface area contributed by atoms with Gasteiger partial charge in [0.25, 0.3) is 0 Å². The van der Waals surface area contributed by atoms with Gasteiger partial charge in [0.1, 0.15) is 4.21 Å². The highest BCUT2D eigenvalue weighted by Crippen LogP contribution is 2.30. The summed E-state index contributed by atoms with van der Waals surface area (Å²) in [6.07, 6.45) is 5.20. The van der Waals surface area contributed by atoms with Crippen molar-refractivity contribution in [2.75, 3.05) is 13.3 Å². The van der Waals surface area contributed by atoms with Crippen molar-refractivity contribution in [3.8, 4) is 0 Å². The molecule has 0 radical (unpaired) electrons. The lowest BCUT2D eigenvalue weighted by Crippen LogP contribution is -2.38. The number of hydrogen-bond donors (Lipinski definition) is 2. The first-order chi connectivity index (χ1) is 9.06. The first-order valence-corrected chi connectivity index (χ1v) is 9.94. The summed E-state index contributed by atoms with van der Waals surface area (Å²) in [5.74, 6) is 0. The zero-order valence-electron chi connectivity index (χ0n) is 11.2. The first-order valence-electron chi connectivity index (χ1n) is 6.35. The predicted molar refractivity (Wildman–Crippen MR) is 82.3 cm³/mol. The topological polar surface area (TPSA) is 58.2 Å². The lowest BCUT2D eigenvalue weighted by Gasteiger charge is -2.18. The van der Waals surface area contributed by atoms with Crippen LogP contribution in [-0.4, -0.2) is 33.0 Å². The van der Waals surface area contributed by atoms with Gasteiger partial charge < -0.3 is 5.32 Å². The van der Waals surface area contributed by atoms with Gasteiger partial charge in [0.15, 0.2) is 0 Å². The standard InChI is InChI=1S/C12H20N2O2S3/c1-13-8-9-6-7-12(18-9)19(15,16)14-10-4-3-5-11(10)17-2/h6-7,10-11,13-14H,3-5,8H2,1-2H3. The zero-order chi connectivity index (χ0) is 13.9. The lowest BCUT2D eigenvalue weighted by atomic mass is 10.3. The molecule has 1 aliphatic carbocycles. The van der Waals surface area contributed by atoms with Crippen LogP contribution in [0.5, 0.6) is 0 Å². The Morgan fingerprint density at radius 3 is 2.89 bits per heavy atom. The van der Waals surface area contributed by atoms with Crippen LogP contribution in [0.4, 0.5) is 0 Å². The summed E-state index contributed by atoms with van der Waals surface area (Å²) in [6, 6.07) is 3.65. The number of thioether (sulfide) groups is 1. The smallest absolute Gasteiger partial charge is 0.250 e. The van der Waals surface area contributed by atoms with Crippen LogP contribution >= 0.6 is 23.1 Å². The molecule has 0 amide bonds. The van der Waals surface area contributed by atoms with E-state index in [-0.39, 0.29) is 6.04 Å². The van der Waals surface area contributed by atoms with E-state index in [4.69, 9.17) is 0 Å². The molecule has 0 aromatic carbocycles. The van der Waals surface area contributed by atoms with E-state index in [0.717, 1.165) is 24.1 Å². The monoisotopic (exact) mass is 320 g/mol. The second kappa shape index (κ2) is 6.58. The van der Waals surface area contributed by atoms with E-state index in [0.29, 0.717) is 16.0 Å². The Balaban J connectivity index is 2.08. The van der Waals surface area contributed by atoms with Gasteiger partial charge in [-0.15, -0.1) is 11.3 Å². The molecule has 1 aliphatic rings. The Labute approximate surface area is 123 Å². The zero-order valence-corrected chi connectivity index (χ0v) is 13.6. The molecule has 7 heteroatoms. The molecule has 2 N–H and O–H groups in total.